The molecule has 1 aromatic heterocycles. The van der Waals surface area contributed by atoms with Gasteiger partial charge in [-0.1, -0.05) is 23.7 Å². The quantitative estimate of drug-likeness (QED) is 0.451. The fraction of sp³-hybridized carbons (Fsp3) is 0.0769. The van der Waals surface area contributed by atoms with Crippen LogP contribution in [0.2, 0.25) is 5.02 Å². The Labute approximate surface area is 122 Å². The van der Waals surface area contributed by atoms with Crippen LogP contribution < -0.4 is 22.0 Å². The summed E-state index contributed by atoms with van der Waals surface area (Å²) in [6.45, 7) is 0.0594. The Balaban J connectivity index is 0.00000180. The maximum absolute atomic E-state index is 11.8. The number of hydrogen-bond acceptors (Lipinski definition) is 2. The van der Waals surface area contributed by atoms with E-state index in [1.807, 2.05) is 18.2 Å². The number of benzene rings is 1. The van der Waals surface area contributed by atoms with Gasteiger partial charge in [0.1, 0.15) is 0 Å². The fourth-order valence-corrected chi connectivity index (χ4v) is 1.70. The largest absolute Gasteiger partial charge is 1.00 e. The molecule has 1 N–H and O–H groups in total. The van der Waals surface area contributed by atoms with Gasteiger partial charge in [-0.15, -0.1) is 0 Å². The lowest BCUT2D eigenvalue weighted by Crippen LogP contribution is -3.00. The molecule has 2 aromatic rings. The van der Waals surface area contributed by atoms with E-state index in [0.717, 1.165) is 0 Å². The fourth-order valence-electron chi connectivity index (χ4n) is 1.51. The van der Waals surface area contributed by atoms with Crippen molar-refractivity contribution in [2.75, 3.05) is 5.06 Å². The van der Waals surface area contributed by atoms with Gasteiger partial charge in [-0.2, -0.15) is 9.63 Å². The van der Waals surface area contributed by atoms with Crippen molar-refractivity contribution in [1.82, 2.24) is 0 Å². The van der Waals surface area contributed by atoms with Gasteiger partial charge in [-0.3, -0.25) is 10.0 Å². The second kappa shape index (κ2) is 7.09. The number of pyridine rings is 1. The van der Waals surface area contributed by atoms with Crippen LogP contribution in [-0.2, 0) is 11.3 Å². The standard InChI is InChI=1S/C13H12ClN2O2.ClH/c14-11-5-4-6-12(9-11)16(18)13(17)10-15-7-2-1-3-8-15;/h1-9,18H,10H2;1H/q+1;/p-1. The Kier molecular flexibility index (Phi) is 5.76. The number of carbonyl (C=O) groups excluding carboxylic acids is 1. The molecular weight excluding hydrogens is 287 g/mol. The monoisotopic (exact) mass is 298 g/mol. The Morgan fingerprint density at radius 2 is 1.89 bits per heavy atom. The maximum Gasteiger partial charge on any atom is 0.316 e. The van der Waals surface area contributed by atoms with E-state index in [1.54, 1.807) is 35.2 Å². The normalized spacial score (nSPS) is 9.58. The van der Waals surface area contributed by atoms with E-state index >= 15 is 0 Å². The van der Waals surface area contributed by atoms with Crippen molar-refractivity contribution < 1.29 is 27.0 Å². The van der Waals surface area contributed by atoms with Gasteiger partial charge in [-0.05, 0) is 18.2 Å². The molecule has 2 rings (SSSR count). The van der Waals surface area contributed by atoms with Crippen molar-refractivity contribution >= 4 is 23.2 Å². The number of rotatable bonds is 3. The summed E-state index contributed by atoms with van der Waals surface area (Å²) >= 11 is 5.80. The molecule has 0 radical (unpaired) electrons. The van der Waals surface area contributed by atoms with E-state index in [1.165, 1.54) is 6.07 Å². The molecule has 0 aliphatic rings. The number of nitrogens with zero attached hydrogens (tertiary/aromatic N) is 2. The van der Waals surface area contributed by atoms with Crippen LogP contribution in [0.5, 0.6) is 0 Å². The van der Waals surface area contributed by atoms with Crippen LogP contribution in [0.15, 0.2) is 54.9 Å². The van der Waals surface area contributed by atoms with Gasteiger partial charge in [-0.25, -0.2) is 0 Å². The average molecular weight is 299 g/mol. The van der Waals surface area contributed by atoms with Gasteiger partial charge >= 0.3 is 5.91 Å². The zero-order chi connectivity index (χ0) is 13.0. The number of aromatic nitrogens is 1. The summed E-state index contributed by atoms with van der Waals surface area (Å²) in [4.78, 5) is 11.8. The molecular formula is C13H12Cl2N2O2. The summed E-state index contributed by atoms with van der Waals surface area (Å²) in [7, 11) is 0. The van der Waals surface area contributed by atoms with Crippen molar-refractivity contribution in [3.63, 3.8) is 0 Å². The highest BCUT2D eigenvalue weighted by Gasteiger charge is 2.17. The first-order valence-corrected chi connectivity index (χ1v) is 5.76. The predicted molar refractivity (Wildman–Crippen MR) is 67.4 cm³/mol. The topological polar surface area (TPSA) is 44.4 Å². The molecule has 1 heterocycles. The maximum atomic E-state index is 11.8. The highest BCUT2D eigenvalue weighted by Crippen LogP contribution is 2.18. The third-order valence-corrected chi connectivity index (χ3v) is 2.62. The van der Waals surface area contributed by atoms with Crippen LogP contribution in [0.25, 0.3) is 0 Å². The number of anilines is 1. The Bertz CT molecular complexity index is 549. The van der Waals surface area contributed by atoms with Crippen LogP contribution in [0, 0.1) is 0 Å². The molecule has 0 atom stereocenters. The van der Waals surface area contributed by atoms with E-state index < -0.39 is 5.91 Å². The van der Waals surface area contributed by atoms with Crippen LogP contribution in [0.4, 0.5) is 5.69 Å². The minimum Gasteiger partial charge on any atom is -1.00 e. The van der Waals surface area contributed by atoms with Gasteiger partial charge in [0.2, 0.25) is 6.54 Å². The van der Waals surface area contributed by atoms with Gasteiger partial charge in [0, 0.05) is 17.2 Å². The summed E-state index contributed by atoms with van der Waals surface area (Å²) < 4.78 is 1.68. The third-order valence-electron chi connectivity index (χ3n) is 2.38. The summed E-state index contributed by atoms with van der Waals surface area (Å²) in [6.07, 6.45) is 3.51. The first kappa shape index (κ1) is 15.4. The zero-order valence-electron chi connectivity index (χ0n) is 9.91. The highest BCUT2D eigenvalue weighted by atomic mass is 35.5. The molecule has 1 amide bonds. The van der Waals surface area contributed by atoms with Crippen molar-refractivity contribution in [1.29, 1.82) is 0 Å². The van der Waals surface area contributed by atoms with E-state index in [2.05, 4.69) is 0 Å². The van der Waals surface area contributed by atoms with Gasteiger partial charge < -0.3 is 12.4 Å². The predicted octanol–water partition coefficient (Wildman–Crippen LogP) is -0.946. The zero-order valence-corrected chi connectivity index (χ0v) is 11.4. The molecule has 4 nitrogen and oxygen atoms in total. The summed E-state index contributed by atoms with van der Waals surface area (Å²) in [5.74, 6) is -0.437. The van der Waals surface area contributed by atoms with Crippen molar-refractivity contribution in [3.8, 4) is 0 Å². The molecule has 100 valence electrons. The summed E-state index contributed by atoms with van der Waals surface area (Å²) in [5, 5.41) is 10.9. The number of hydroxylamine groups is 1. The molecule has 0 saturated carbocycles. The third kappa shape index (κ3) is 4.21. The SMILES string of the molecule is O=C(C[n+]1ccccc1)N(O)c1cccc(Cl)c1.[Cl-]. The Hall–Kier alpha value is -1.62. The second-order valence-corrected chi connectivity index (χ2v) is 4.17. The van der Waals surface area contributed by atoms with Crippen molar-refractivity contribution in [3.05, 3.63) is 59.9 Å². The highest BCUT2D eigenvalue weighted by molar-refractivity contribution is 6.30. The number of hydrogen-bond donors (Lipinski definition) is 1. The molecule has 6 heteroatoms. The second-order valence-electron chi connectivity index (χ2n) is 3.73. The van der Waals surface area contributed by atoms with E-state index in [4.69, 9.17) is 11.6 Å². The van der Waals surface area contributed by atoms with E-state index in [0.29, 0.717) is 15.8 Å². The smallest absolute Gasteiger partial charge is 0.316 e. The number of halogens is 2. The first-order valence-electron chi connectivity index (χ1n) is 5.38. The van der Waals surface area contributed by atoms with E-state index in [9.17, 15) is 10.0 Å². The number of carbonyl (C=O) groups is 1. The van der Waals surface area contributed by atoms with Gasteiger partial charge in [0.25, 0.3) is 0 Å². The Morgan fingerprint density at radius 1 is 1.21 bits per heavy atom. The van der Waals surface area contributed by atoms with Crippen molar-refractivity contribution in [2.45, 2.75) is 6.54 Å². The average Bonchev–Trinajstić information content (AvgIpc) is 2.39. The minimum atomic E-state index is -0.437. The minimum absolute atomic E-state index is 0. The van der Waals surface area contributed by atoms with Crippen LogP contribution in [0.1, 0.15) is 0 Å². The Morgan fingerprint density at radius 3 is 2.53 bits per heavy atom. The molecule has 1 aromatic carbocycles. The van der Waals surface area contributed by atoms with Gasteiger partial charge in [0.15, 0.2) is 12.4 Å². The van der Waals surface area contributed by atoms with Crippen LogP contribution in [0.3, 0.4) is 0 Å². The lowest BCUT2D eigenvalue weighted by molar-refractivity contribution is -0.684. The molecule has 0 aliphatic heterocycles. The summed E-state index contributed by atoms with van der Waals surface area (Å²) in [6, 6.07) is 12.0. The molecule has 0 bridgehead atoms. The molecule has 19 heavy (non-hydrogen) atoms. The van der Waals surface area contributed by atoms with Crippen LogP contribution in [-0.4, -0.2) is 11.1 Å². The molecule has 0 fully saturated rings. The molecule has 0 unspecified atom stereocenters. The first-order chi connectivity index (χ1) is 8.66. The summed E-state index contributed by atoms with van der Waals surface area (Å²) in [5.41, 5.74) is 0.351. The number of amides is 1. The molecule has 0 saturated heterocycles. The van der Waals surface area contributed by atoms with Crippen molar-refractivity contribution in [2.24, 2.45) is 0 Å². The lowest BCUT2D eigenvalue weighted by Gasteiger charge is -2.13. The van der Waals surface area contributed by atoms with E-state index in [-0.39, 0.29) is 19.0 Å². The lowest BCUT2D eigenvalue weighted by atomic mass is 10.3. The molecule has 0 aliphatic carbocycles. The van der Waals surface area contributed by atoms with Gasteiger partial charge in [0.05, 0.1) is 5.69 Å². The van der Waals surface area contributed by atoms with Crippen LogP contribution >= 0.6 is 11.6 Å². The molecule has 0 spiro atoms.